The number of hydrogen-bond donors (Lipinski definition) is 1. The van der Waals surface area contributed by atoms with Crippen molar-refractivity contribution in [2.45, 2.75) is 26.8 Å². The number of thiophene rings is 1. The molecule has 0 aliphatic rings. The Morgan fingerprint density at radius 1 is 1.30 bits per heavy atom. The summed E-state index contributed by atoms with van der Waals surface area (Å²) in [5.41, 5.74) is 0. The highest BCUT2D eigenvalue weighted by molar-refractivity contribution is 9.10. The molecule has 0 amide bonds. The topological polar surface area (TPSA) is 41.0 Å². The van der Waals surface area contributed by atoms with Crippen molar-refractivity contribution in [1.82, 2.24) is 9.97 Å². The number of aromatic nitrogens is 2. The minimum Gasteiger partial charge on any atom is -0.370 e. The second kappa shape index (κ2) is 7.04. The summed E-state index contributed by atoms with van der Waals surface area (Å²) < 4.78 is 1.14. The van der Waals surface area contributed by atoms with Crippen molar-refractivity contribution in [3.05, 3.63) is 32.7 Å². The summed E-state index contributed by atoms with van der Waals surface area (Å²) >= 11 is 5.24. The molecule has 0 spiro atoms. The van der Waals surface area contributed by atoms with Gasteiger partial charge >= 0.3 is 0 Å². The van der Waals surface area contributed by atoms with Gasteiger partial charge in [-0.2, -0.15) is 0 Å². The SMILES string of the molecule is CCNc1cc(N(C)Cc2cc(Br)cs2)nc(CC)n1. The van der Waals surface area contributed by atoms with Crippen LogP contribution in [-0.2, 0) is 13.0 Å². The number of halogens is 1. The lowest BCUT2D eigenvalue weighted by Gasteiger charge is -2.19. The van der Waals surface area contributed by atoms with Gasteiger partial charge in [0.15, 0.2) is 0 Å². The fourth-order valence-electron chi connectivity index (χ4n) is 1.86. The van der Waals surface area contributed by atoms with Crippen molar-refractivity contribution in [1.29, 1.82) is 0 Å². The first-order valence-corrected chi connectivity index (χ1v) is 8.35. The standard InChI is InChI=1S/C14H19BrN4S/c1-4-12-17-13(16-5-2)7-14(18-12)19(3)8-11-6-10(15)9-20-11/h6-7,9H,4-5,8H2,1-3H3,(H,16,17,18). The first-order chi connectivity index (χ1) is 9.62. The highest BCUT2D eigenvalue weighted by Crippen LogP contribution is 2.23. The predicted octanol–water partition coefficient (Wildman–Crippen LogP) is 3.93. The number of aryl methyl sites for hydroxylation is 1. The molecule has 0 aliphatic carbocycles. The summed E-state index contributed by atoms with van der Waals surface area (Å²) in [6.45, 7) is 5.86. The molecule has 2 aromatic heterocycles. The van der Waals surface area contributed by atoms with Gasteiger partial charge in [0.1, 0.15) is 17.5 Å². The summed E-state index contributed by atoms with van der Waals surface area (Å²) in [6, 6.07) is 4.15. The number of nitrogens with one attached hydrogen (secondary N) is 1. The molecule has 4 nitrogen and oxygen atoms in total. The highest BCUT2D eigenvalue weighted by Gasteiger charge is 2.09. The maximum Gasteiger partial charge on any atom is 0.134 e. The van der Waals surface area contributed by atoms with Crippen molar-refractivity contribution in [2.24, 2.45) is 0 Å². The van der Waals surface area contributed by atoms with Gasteiger partial charge in [-0.05, 0) is 28.9 Å². The van der Waals surface area contributed by atoms with E-state index in [1.807, 2.05) is 6.07 Å². The van der Waals surface area contributed by atoms with Crippen LogP contribution >= 0.6 is 27.3 Å². The lowest BCUT2D eigenvalue weighted by atomic mass is 10.3. The summed E-state index contributed by atoms with van der Waals surface area (Å²) in [5, 5.41) is 5.36. The lowest BCUT2D eigenvalue weighted by molar-refractivity contribution is 0.866. The summed E-state index contributed by atoms with van der Waals surface area (Å²) in [7, 11) is 2.06. The minimum absolute atomic E-state index is 0.838. The Morgan fingerprint density at radius 3 is 2.70 bits per heavy atom. The van der Waals surface area contributed by atoms with E-state index in [4.69, 9.17) is 0 Å². The van der Waals surface area contributed by atoms with Gasteiger partial charge in [-0.3, -0.25) is 0 Å². The quantitative estimate of drug-likeness (QED) is 0.852. The maximum absolute atomic E-state index is 4.60. The monoisotopic (exact) mass is 354 g/mol. The first kappa shape index (κ1) is 15.3. The Labute approximate surface area is 132 Å². The van der Waals surface area contributed by atoms with E-state index in [9.17, 15) is 0 Å². The Hall–Kier alpha value is -1.14. The van der Waals surface area contributed by atoms with Gasteiger partial charge in [-0.15, -0.1) is 11.3 Å². The van der Waals surface area contributed by atoms with Crippen LogP contribution in [0.15, 0.2) is 22.0 Å². The lowest BCUT2D eigenvalue weighted by Crippen LogP contribution is -2.18. The van der Waals surface area contributed by atoms with Crippen LogP contribution in [0.4, 0.5) is 11.6 Å². The fraction of sp³-hybridized carbons (Fsp3) is 0.429. The van der Waals surface area contributed by atoms with E-state index in [0.717, 1.165) is 41.4 Å². The maximum atomic E-state index is 4.60. The largest absolute Gasteiger partial charge is 0.370 e. The van der Waals surface area contributed by atoms with Crippen LogP contribution in [0.25, 0.3) is 0 Å². The molecular weight excluding hydrogens is 336 g/mol. The van der Waals surface area contributed by atoms with Crippen molar-refractivity contribution in [2.75, 3.05) is 23.8 Å². The number of anilines is 2. The molecule has 108 valence electrons. The van der Waals surface area contributed by atoms with Crippen molar-refractivity contribution in [3.63, 3.8) is 0 Å². The number of hydrogen-bond acceptors (Lipinski definition) is 5. The molecule has 0 atom stereocenters. The normalized spacial score (nSPS) is 10.6. The van der Waals surface area contributed by atoms with Gasteiger partial charge in [0.2, 0.25) is 0 Å². The average molecular weight is 355 g/mol. The number of nitrogens with zero attached hydrogens (tertiary/aromatic N) is 3. The van der Waals surface area contributed by atoms with E-state index in [-0.39, 0.29) is 0 Å². The van der Waals surface area contributed by atoms with E-state index in [2.05, 4.69) is 68.5 Å². The second-order valence-electron chi connectivity index (χ2n) is 4.50. The van der Waals surface area contributed by atoms with E-state index >= 15 is 0 Å². The zero-order valence-corrected chi connectivity index (χ0v) is 14.4. The third kappa shape index (κ3) is 3.93. The molecule has 0 aromatic carbocycles. The Morgan fingerprint density at radius 2 is 2.10 bits per heavy atom. The molecule has 0 bridgehead atoms. The third-order valence-electron chi connectivity index (χ3n) is 2.84. The van der Waals surface area contributed by atoms with Crippen LogP contribution in [0.2, 0.25) is 0 Å². The smallest absolute Gasteiger partial charge is 0.134 e. The van der Waals surface area contributed by atoms with Crippen molar-refractivity contribution >= 4 is 38.9 Å². The minimum atomic E-state index is 0.838. The highest BCUT2D eigenvalue weighted by atomic mass is 79.9. The van der Waals surface area contributed by atoms with Crippen LogP contribution in [0.5, 0.6) is 0 Å². The molecule has 2 heterocycles. The third-order valence-corrected chi connectivity index (χ3v) is 4.52. The Kier molecular flexibility index (Phi) is 5.37. The van der Waals surface area contributed by atoms with E-state index in [1.165, 1.54) is 4.88 Å². The molecule has 1 N–H and O–H groups in total. The summed E-state index contributed by atoms with van der Waals surface area (Å²) in [5.74, 6) is 2.73. The molecule has 6 heteroatoms. The van der Waals surface area contributed by atoms with Crippen LogP contribution in [0.3, 0.4) is 0 Å². The molecule has 20 heavy (non-hydrogen) atoms. The van der Waals surface area contributed by atoms with Crippen LogP contribution in [-0.4, -0.2) is 23.6 Å². The van der Waals surface area contributed by atoms with Gasteiger partial charge in [0.25, 0.3) is 0 Å². The second-order valence-corrected chi connectivity index (χ2v) is 6.41. The molecule has 2 aromatic rings. The molecule has 0 saturated heterocycles. The molecule has 0 aliphatic heterocycles. The average Bonchev–Trinajstić information content (AvgIpc) is 2.84. The van der Waals surface area contributed by atoms with Gasteiger partial charge in [0.05, 0.1) is 6.54 Å². The number of rotatable bonds is 6. The van der Waals surface area contributed by atoms with Gasteiger partial charge in [-0.25, -0.2) is 9.97 Å². The van der Waals surface area contributed by atoms with Crippen LogP contribution < -0.4 is 10.2 Å². The van der Waals surface area contributed by atoms with Gasteiger partial charge in [-0.1, -0.05) is 6.92 Å². The van der Waals surface area contributed by atoms with E-state index in [0.29, 0.717) is 0 Å². The molecular formula is C14H19BrN4S. The summed E-state index contributed by atoms with van der Waals surface area (Å²) in [6.07, 6.45) is 0.838. The zero-order chi connectivity index (χ0) is 14.5. The Balaban J connectivity index is 2.19. The summed E-state index contributed by atoms with van der Waals surface area (Å²) in [4.78, 5) is 12.5. The fourth-order valence-corrected chi connectivity index (χ4v) is 3.36. The van der Waals surface area contributed by atoms with E-state index in [1.54, 1.807) is 11.3 Å². The molecule has 2 rings (SSSR count). The molecule has 0 saturated carbocycles. The van der Waals surface area contributed by atoms with Gasteiger partial charge in [0, 0.05) is 40.8 Å². The molecule has 0 fully saturated rings. The van der Waals surface area contributed by atoms with Crippen molar-refractivity contribution < 1.29 is 0 Å². The molecule has 0 unspecified atom stereocenters. The van der Waals surface area contributed by atoms with Gasteiger partial charge < -0.3 is 10.2 Å². The Bertz CT molecular complexity index is 570. The van der Waals surface area contributed by atoms with Crippen molar-refractivity contribution in [3.8, 4) is 0 Å². The first-order valence-electron chi connectivity index (χ1n) is 6.68. The van der Waals surface area contributed by atoms with Crippen LogP contribution in [0.1, 0.15) is 24.5 Å². The zero-order valence-electron chi connectivity index (χ0n) is 12.0. The molecule has 0 radical (unpaired) electrons. The predicted molar refractivity (Wildman–Crippen MR) is 89.7 cm³/mol. The van der Waals surface area contributed by atoms with Crippen LogP contribution in [0, 0.1) is 0 Å². The van der Waals surface area contributed by atoms with E-state index < -0.39 is 0 Å².